The van der Waals surface area contributed by atoms with Crippen LogP contribution in [0.3, 0.4) is 0 Å². The van der Waals surface area contributed by atoms with Crippen molar-refractivity contribution in [2.45, 2.75) is 25.5 Å². The Bertz CT molecular complexity index is 350. The highest BCUT2D eigenvalue weighted by atomic mass is 16.3. The van der Waals surface area contributed by atoms with Gasteiger partial charge in [-0.3, -0.25) is 4.79 Å². The van der Waals surface area contributed by atoms with Gasteiger partial charge in [0.25, 0.3) is 0 Å². The van der Waals surface area contributed by atoms with Crippen LogP contribution in [0, 0.1) is 0 Å². The SMILES string of the molecule is CC(c1ccccc1)N1CC(O)CC1=O. The van der Waals surface area contributed by atoms with Gasteiger partial charge in [-0.15, -0.1) is 0 Å². The van der Waals surface area contributed by atoms with Crippen LogP contribution in [0.5, 0.6) is 0 Å². The molecule has 3 heteroatoms. The topological polar surface area (TPSA) is 40.5 Å². The van der Waals surface area contributed by atoms with Crippen LogP contribution in [0.4, 0.5) is 0 Å². The Morgan fingerprint density at radius 1 is 1.40 bits per heavy atom. The second-order valence-electron chi connectivity index (χ2n) is 3.99. The third-order valence-electron chi connectivity index (χ3n) is 2.89. The smallest absolute Gasteiger partial charge is 0.225 e. The van der Waals surface area contributed by atoms with E-state index < -0.39 is 6.10 Å². The van der Waals surface area contributed by atoms with Crippen LogP contribution in [-0.4, -0.2) is 28.6 Å². The summed E-state index contributed by atoms with van der Waals surface area (Å²) in [7, 11) is 0. The van der Waals surface area contributed by atoms with Crippen molar-refractivity contribution >= 4 is 5.91 Å². The Balaban J connectivity index is 2.15. The number of β-amino-alcohol motifs (C(OH)–C–C–N with tert-alkyl or cyclic N) is 1. The van der Waals surface area contributed by atoms with Crippen LogP contribution in [0.15, 0.2) is 30.3 Å². The maximum absolute atomic E-state index is 11.6. The Labute approximate surface area is 89.3 Å². The van der Waals surface area contributed by atoms with Crippen LogP contribution in [0.1, 0.15) is 24.9 Å². The van der Waals surface area contributed by atoms with E-state index in [9.17, 15) is 9.90 Å². The van der Waals surface area contributed by atoms with Gasteiger partial charge in [-0.25, -0.2) is 0 Å². The van der Waals surface area contributed by atoms with Gasteiger partial charge in [0.2, 0.25) is 5.91 Å². The highest BCUT2D eigenvalue weighted by Gasteiger charge is 2.31. The lowest BCUT2D eigenvalue weighted by Crippen LogP contribution is -2.29. The average Bonchev–Trinajstić information content (AvgIpc) is 2.58. The molecule has 0 bridgehead atoms. The van der Waals surface area contributed by atoms with E-state index in [1.54, 1.807) is 4.90 Å². The van der Waals surface area contributed by atoms with E-state index in [1.165, 1.54) is 0 Å². The molecule has 15 heavy (non-hydrogen) atoms. The van der Waals surface area contributed by atoms with Crippen molar-refractivity contribution in [3.8, 4) is 0 Å². The van der Waals surface area contributed by atoms with Crippen molar-refractivity contribution in [1.82, 2.24) is 4.90 Å². The van der Waals surface area contributed by atoms with Crippen LogP contribution in [0.25, 0.3) is 0 Å². The molecule has 1 fully saturated rings. The van der Waals surface area contributed by atoms with E-state index in [0.717, 1.165) is 5.56 Å². The minimum atomic E-state index is -0.497. The van der Waals surface area contributed by atoms with Crippen LogP contribution >= 0.6 is 0 Å². The molecule has 2 unspecified atom stereocenters. The molecule has 0 saturated carbocycles. The van der Waals surface area contributed by atoms with Crippen LogP contribution < -0.4 is 0 Å². The summed E-state index contributed by atoms with van der Waals surface area (Å²) < 4.78 is 0. The molecule has 1 amide bonds. The predicted octanol–water partition coefficient (Wildman–Crippen LogP) is 1.34. The number of carbonyl (C=O) groups is 1. The molecular weight excluding hydrogens is 190 g/mol. The average molecular weight is 205 g/mol. The fraction of sp³-hybridized carbons (Fsp3) is 0.417. The van der Waals surface area contributed by atoms with E-state index in [4.69, 9.17) is 0 Å². The van der Waals surface area contributed by atoms with E-state index in [2.05, 4.69) is 0 Å². The number of aliphatic hydroxyl groups is 1. The molecule has 1 saturated heterocycles. The van der Waals surface area contributed by atoms with Gasteiger partial charge in [0.15, 0.2) is 0 Å². The van der Waals surface area contributed by atoms with Crippen molar-refractivity contribution < 1.29 is 9.90 Å². The zero-order valence-electron chi connectivity index (χ0n) is 8.76. The van der Waals surface area contributed by atoms with Gasteiger partial charge in [-0.1, -0.05) is 30.3 Å². The maximum atomic E-state index is 11.6. The molecule has 3 nitrogen and oxygen atoms in total. The monoisotopic (exact) mass is 205 g/mol. The zero-order valence-corrected chi connectivity index (χ0v) is 8.76. The van der Waals surface area contributed by atoms with Crippen molar-refractivity contribution in [2.75, 3.05) is 6.54 Å². The predicted molar refractivity (Wildman–Crippen MR) is 57.2 cm³/mol. The highest BCUT2D eigenvalue weighted by Crippen LogP contribution is 2.25. The molecule has 2 rings (SSSR count). The maximum Gasteiger partial charge on any atom is 0.225 e. The first-order chi connectivity index (χ1) is 7.18. The van der Waals surface area contributed by atoms with Crippen molar-refractivity contribution in [1.29, 1.82) is 0 Å². The van der Waals surface area contributed by atoms with Crippen LogP contribution in [0.2, 0.25) is 0 Å². The third kappa shape index (κ3) is 2.02. The first-order valence-electron chi connectivity index (χ1n) is 5.21. The number of carbonyl (C=O) groups excluding carboxylic acids is 1. The minimum Gasteiger partial charge on any atom is -0.391 e. The fourth-order valence-electron chi connectivity index (χ4n) is 2.00. The Kier molecular flexibility index (Phi) is 2.73. The normalized spacial score (nSPS) is 23.2. The molecule has 80 valence electrons. The molecule has 1 heterocycles. The highest BCUT2D eigenvalue weighted by molar-refractivity contribution is 5.79. The first kappa shape index (κ1) is 10.2. The number of amides is 1. The summed E-state index contributed by atoms with van der Waals surface area (Å²) in [5.74, 6) is 0.0406. The summed E-state index contributed by atoms with van der Waals surface area (Å²) in [6.45, 7) is 2.44. The molecule has 2 atom stereocenters. The van der Waals surface area contributed by atoms with Gasteiger partial charge in [0.05, 0.1) is 18.6 Å². The summed E-state index contributed by atoms with van der Waals surface area (Å²) in [5.41, 5.74) is 1.11. The largest absolute Gasteiger partial charge is 0.391 e. The Morgan fingerprint density at radius 3 is 2.60 bits per heavy atom. The molecule has 0 aliphatic carbocycles. The van der Waals surface area contributed by atoms with E-state index in [0.29, 0.717) is 6.54 Å². The molecule has 1 aromatic carbocycles. The van der Waals surface area contributed by atoms with Crippen LogP contribution in [-0.2, 0) is 4.79 Å². The lowest BCUT2D eigenvalue weighted by Gasteiger charge is -2.24. The number of hydrogen-bond acceptors (Lipinski definition) is 2. The van der Waals surface area contributed by atoms with Gasteiger partial charge < -0.3 is 10.0 Å². The number of hydrogen-bond donors (Lipinski definition) is 1. The standard InChI is InChI=1S/C12H15NO2/c1-9(10-5-3-2-4-6-10)13-8-11(14)7-12(13)15/h2-6,9,11,14H,7-8H2,1H3. The van der Waals surface area contributed by atoms with Gasteiger partial charge in [0, 0.05) is 6.54 Å². The van der Waals surface area contributed by atoms with Crippen molar-refractivity contribution in [3.05, 3.63) is 35.9 Å². The molecule has 1 aliphatic rings. The lowest BCUT2D eigenvalue weighted by molar-refractivity contribution is -0.129. The molecule has 1 aromatic rings. The zero-order chi connectivity index (χ0) is 10.8. The molecular formula is C12H15NO2. The van der Waals surface area contributed by atoms with Gasteiger partial charge in [-0.2, -0.15) is 0 Å². The second kappa shape index (κ2) is 4.03. The number of nitrogens with zero attached hydrogens (tertiary/aromatic N) is 1. The summed E-state index contributed by atoms with van der Waals surface area (Å²) in [5, 5.41) is 9.40. The summed E-state index contributed by atoms with van der Waals surface area (Å²) in [6, 6.07) is 9.93. The summed E-state index contributed by atoms with van der Waals surface area (Å²) in [6.07, 6.45) is -0.236. The molecule has 0 radical (unpaired) electrons. The number of aliphatic hydroxyl groups excluding tert-OH is 1. The fourth-order valence-corrected chi connectivity index (χ4v) is 2.00. The second-order valence-corrected chi connectivity index (χ2v) is 3.99. The summed E-state index contributed by atoms with van der Waals surface area (Å²) in [4.78, 5) is 13.3. The van der Waals surface area contributed by atoms with Crippen molar-refractivity contribution in [2.24, 2.45) is 0 Å². The van der Waals surface area contributed by atoms with Gasteiger partial charge in [-0.05, 0) is 12.5 Å². The molecule has 0 aromatic heterocycles. The number of benzene rings is 1. The molecule has 1 aliphatic heterocycles. The van der Waals surface area contributed by atoms with Crippen molar-refractivity contribution in [3.63, 3.8) is 0 Å². The van der Waals surface area contributed by atoms with E-state index in [-0.39, 0.29) is 18.4 Å². The lowest BCUT2D eigenvalue weighted by atomic mass is 10.1. The van der Waals surface area contributed by atoms with Gasteiger partial charge >= 0.3 is 0 Å². The minimum absolute atomic E-state index is 0.0406. The quantitative estimate of drug-likeness (QED) is 0.791. The third-order valence-corrected chi connectivity index (χ3v) is 2.89. The van der Waals surface area contributed by atoms with Gasteiger partial charge in [0.1, 0.15) is 0 Å². The van der Waals surface area contributed by atoms with E-state index >= 15 is 0 Å². The Hall–Kier alpha value is -1.35. The molecule has 0 spiro atoms. The number of likely N-dealkylation sites (tertiary alicyclic amines) is 1. The first-order valence-corrected chi connectivity index (χ1v) is 5.21. The summed E-state index contributed by atoms with van der Waals surface area (Å²) >= 11 is 0. The Morgan fingerprint density at radius 2 is 2.07 bits per heavy atom. The number of rotatable bonds is 2. The molecule has 1 N–H and O–H groups in total. The van der Waals surface area contributed by atoms with E-state index in [1.807, 2.05) is 37.3 Å².